The predicted molar refractivity (Wildman–Crippen MR) is 131 cm³/mol. The number of amides is 3. The van der Waals surface area contributed by atoms with Gasteiger partial charge in [0.25, 0.3) is 5.91 Å². The monoisotopic (exact) mass is 461 g/mol. The van der Waals surface area contributed by atoms with Gasteiger partial charge in [-0.05, 0) is 30.7 Å². The van der Waals surface area contributed by atoms with E-state index in [1.807, 2.05) is 48.2 Å². The lowest BCUT2D eigenvalue weighted by atomic mass is 10.1. The molecule has 1 aromatic heterocycles. The first kappa shape index (κ1) is 21.6. The van der Waals surface area contributed by atoms with Crippen LogP contribution in [0.2, 0.25) is 0 Å². The molecule has 3 aromatic rings. The standard InChI is InChI=1S/C25H27N5O2S/c1-18-15-20(7-8-22(18)30-10-9-26-25(30)32)24(31)29-13-11-28(12-14-29)16-21-17-33-23(27-21)19-5-3-2-4-6-19/h2-8,15,17H,9-14,16H2,1H3,(H,26,32). The van der Waals surface area contributed by atoms with E-state index < -0.39 is 0 Å². The molecule has 0 aliphatic carbocycles. The van der Waals surface area contributed by atoms with Gasteiger partial charge in [0.15, 0.2) is 0 Å². The quantitative estimate of drug-likeness (QED) is 0.630. The summed E-state index contributed by atoms with van der Waals surface area (Å²) in [6, 6.07) is 15.8. The van der Waals surface area contributed by atoms with Crippen LogP contribution in [-0.2, 0) is 6.54 Å². The Labute approximate surface area is 197 Å². The fourth-order valence-electron chi connectivity index (χ4n) is 4.41. The summed E-state index contributed by atoms with van der Waals surface area (Å²) < 4.78 is 0. The van der Waals surface area contributed by atoms with Gasteiger partial charge in [0.2, 0.25) is 0 Å². The van der Waals surface area contributed by atoms with Crippen molar-refractivity contribution in [2.45, 2.75) is 13.5 Å². The van der Waals surface area contributed by atoms with E-state index in [1.54, 1.807) is 16.2 Å². The van der Waals surface area contributed by atoms with Crippen LogP contribution < -0.4 is 10.2 Å². The first-order valence-corrected chi connectivity index (χ1v) is 12.1. The summed E-state index contributed by atoms with van der Waals surface area (Å²) in [5, 5.41) is 5.99. The van der Waals surface area contributed by atoms with Crippen molar-refractivity contribution in [2.75, 3.05) is 44.2 Å². The van der Waals surface area contributed by atoms with Crippen LogP contribution in [0.15, 0.2) is 53.9 Å². The molecule has 0 unspecified atom stereocenters. The van der Waals surface area contributed by atoms with Gasteiger partial charge >= 0.3 is 6.03 Å². The van der Waals surface area contributed by atoms with Crippen molar-refractivity contribution in [3.63, 3.8) is 0 Å². The molecule has 3 amide bonds. The number of piperazine rings is 1. The number of nitrogens with one attached hydrogen (secondary N) is 1. The zero-order chi connectivity index (χ0) is 22.8. The van der Waals surface area contributed by atoms with Crippen molar-refractivity contribution >= 4 is 29.0 Å². The highest BCUT2D eigenvalue weighted by Crippen LogP contribution is 2.25. The van der Waals surface area contributed by atoms with E-state index in [0.717, 1.165) is 47.2 Å². The molecule has 0 radical (unpaired) electrons. The second-order valence-electron chi connectivity index (χ2n) is 8.46. The van der Waals surface area contributed by atoms with Gasteiger partial charge in [-0.25, -0.2) is 9.78 Å². The molecule has 2 saturated heterocycles. The van der Waals surface area contributed by atoms with Crippen molar-refractivity contribution in [1.82, 2.24) is 20.1 Å². The lowest BCUT2D eigenvalue weighted by Crippen LogP contribution is -2.48. The highest BCUT2D eigenvalue weighted by Gasteiger charge is 2.25. The van der Waals surface area contributed by atoms with Crippen LogP contribution in [0.4, 0.5) is 10.5 Å². The van der Waals surface area contributed by atoms with Crippen molar-refractivity contribution in [3.05, 3.63) is 70.7 Å². The molecule has 0 saturated carbocycles. The summed E-state index contributed by atoms with van der Waals surface area (Å²) in [5.41, 5.74) is 4.71. The molecule has 2 aliphatic rings. The van der Waals surface area contributed by atoms with Gasteiger partial charge in [-0.1, -0.05) is 30.3 Å². The highest BCUT2D eigenvalue weighted by atomic mass is 32.1. The zero-order valence-corrected chi connectivity index (χ0v) is 19.5. The largest absolute Gasteiger partial charge is 0.336 e. The van der Waals surface area contributed by atoms with Gasteiger partial charge in [0, 0.05) is 68.0 Å². The number of urea groups is 1. The third-order valence-electron chi connectivity index (χ3n) is 6.21. The molecular weight excluding hydrogens is 434 g/mol. The lowest BCUT2D eigenvalue weighted by molar-refractivity contribution is 0.0627. The van der Waals surface area contributed by atoms with Crippen LogP contribution in [0.1, 0.15) is 21.6 Å². The summed E-state index contributed by atoms with van der Waals surface area (Å²) in [5.74, 6) is 0.0511. The Hall–Kier alpha value is -3.23. The third kappa shape index (κ3) is 4.62. The number of rotatable bonds is 5. The average Bonchev–Trinajstić information content (AvgIpc) is 3.49. The van der Waals surface area contributed by atoms with Crippen LogP contribution in [0, 0.1) is 6.92 Å². The van der Waals surface area contributed by atoms with Crippen LogP contribution in [0.3, 0.4) is 0 Å². The van der Waals surface area contributed by atoms with Crippen LogP contribution >= 0.6 is 11.3 Å². The third-order valence-corrected chi connectivity index (χ3v) is 7.15. The molecule has 8 heteroatoms. The summed E-state index contributed by atoms with van der Waals surface area (Å²) in [6.45, 7) is 7.11. The SMILES string of the molecule is Cc1cc(C(=O)N2CCN(Cc3csc(-c4ccccc4)n3)CC2)ccc1N1CCNC1=O. The minimum atomic E-state index is -0.0794. The summed E-state index contributed by atoms with van der Waals surface area (Å²) in [6.07, 6.45) is 0. The molecule has 3 heterocycles. The second-order valence-corrected chi connectivity index (χ2v) is 9.32. The fourth-order valence-corrected chi connectivity index (χ4v) is 5.22. The Morgan fingerprint density at radius 1 is 1.06 bits per heavy atom. The maximum absolute atomic E-state index is 13.1. The number of aromatic nitrogens is 1. The predicted octanol–water partition coefficient (Wildman–Crippen LogP) is 3.61. The molecule has 0 bridgehead atoms. The summed E-state index contributed by atoms with van der Waals surface area (Å²) >= 11 is 1.67. The molecule has 0 atom stereocenters. The lowest BCUT2D eigenvalue weighted by Gasteiger charge is -2.34. The first-order chi connectivity index (χ1) is 16.1. The average molecular weight is 462 g/mol. The topological polar surface area (TPSA) is 68.8 Å². The van der Waals surface area contributed by atoms with Gasteiger partial charge in [-0.2, -0.15) is 0 Å². The van der Waals surface area contributed by atoms with Gasteiger partial charge in [0.05, 0.1) is 5.69 Å². The Bertz CT molecular complexity index is 1150. The minimum Gasteiger partial charge on any atom is -0.336 e. The molecule has 33 heavy (non-hydrogen) atoms. The van der Waals surface area contributed by atoms with E-state index >= 15 is 0 Å². The van der Waals surface area contributed by atoms with Gasteiger partial charge < -0.3 is 10.2 Å². The molecule has 2 fully saturated rings. The Morgan fingerprint density at radius 2 is 1.85 bits per heavy atom. The van der Waals surface area contributed by atoms with Gasteiger partial charge in [0.1, 0.15) is 5.01 Å². The molecule has 2 aliphatic heterocycles. The van der Waals surface area contributed by atoms with Crippen molar-refractivity contribution < 1.29 is 9.59 Å². The molecular formula is C25H27N5O2S. The number of nitrogens with zero attached hydrogens (tertiary/aromatic N) is 4. The van der Waals surface area contributed by atoms with E-state index in [4.69, 9.17) is 4.98 Å². The number of benzene rings is 2. The van der Waals surface area contributed by atoms with Crippen LogP contribution in [0.5, 0.6) is 0 Å². The minimum absolute atomic E-state index is 0.0511. The van der Waals surface area contributed by atoms with Gasteiger partial charge in [-0.15, -0.1) is 11.3 Å². The normalized spacial score (nSPS) is 16.8. The number of thiazole rings is 1. The fraction of sp³-hybridized carbons (Fsp3) is 0.320. The van der Waals surface area contributed by atoms with Crippen LogP contribution in [0.25, 0.3) is 10.6 Å². The maximum Gasteiger partial charge on any atom is 0.322 e. The Morgan fingerprint density at radius 3 is 2.55 bits per heavy atom. The number of hydrogen-bond acceptors (Lipinski definition) is 5. The van der Waals surface area contributed by atoms with Crippen LogP contribution in [-0.4, -0.2) is 66.0 Å². The van der Waals surface area contributed by atoms with Gasteiger partial charge in [-0.3, -0.25) is 14.6 Å². The van der Waals surface area contributed by atoms with E-state index in [0.29, 0.717) is 31.7 Å². The number of anilines is 1. The zero-order valence-electron chi connectivity index (χ0n) is 18.7. The highest BCUT2D eigenvalue weighted by molar-refractivity contribution is 7.13. The molecule has 2 aromatic carbocycles. The second kappa shape index (κ2) is 9.33. The van der Waals surface area contributed by atoms with Crippen molar-refractivity contribution in [2.24, 2.45) is 0 Å². The molecule has 0 spiro atoms. The first-order valence-electron chi connectivity index (χ1n) is 11.3. The maximum atomic E-state index is 13.1. The smallest absolute Gasteiger partial charge is 0.322 e. The molecule has 170 valence electrons. The molecule has 7 nitrogen and oxygen atoms in total. The van der Waals surface area contributed by atoms with E-state index in [2.05, 4.69) is 27.7 Å². The Balaban J connectivity index is 1.17. The summed E-state index contributed by atoms with van der Waals surface area (Å²) in [7, 11) is 0. The summed E-state index contributed by atoms with van der Waals surface area (Å²) in [4.78, 5) is 35.8. The number of carbonyl (C=O) groups excluding carboxylic acids is 2. The number of hydrogen-bond donors (Lipinski definition) is 1. The number of aryl methyl sites for hydroxylation is 1. The van der Waals surface area contributed by atoms with E-state index in [1.165, 1.54) is 0 Å². The molecule has 5 rings (SSSR count). The number of carbonyl (C=O) groups is 2. The van der Waals surface area contributed by atoms with E-state index in [9.17, 15) is 9.59 Å². The van der Waals surface area contributed by atoms with E-state index in [-0.39, 0.29) is 11.9 Å². The van der Waals surface area contributed by atoms with Crippen molar-refractivity contribution in [1.29, 1.82) is 0 Å². The molecule has 1 N–H and O–H groups in total. The van der Waals surface area contributed by atoms with Crippen molar-refractivity contribution in [3.8, 4) is 10.6 Å². The Kier molecular flexibility index (Phi) is 6.11.